The Morgan fingerprint density at radius 3 is 2.88 bits per heavy atom. The van der Waals surface area contributed by atoms with Gasteiger partial charge in [-0.3, -0.25) is 9.88 Å². The Balaban J connectivity index is 1.47. The molecule has 1 aliphatic rings. The van der Waals surface area contributed by atoms with E-state index >= 15 is 0 Å². The lowest BCUT2D eigenvalue weighted by Crippen LogP contribution is -3.23. The second-order valence-electron chi connectivity index (χ2n) is 6.60. The zero-order chi connectivity index (χ0) is 17.9. The van der Waals surface area contributed by atoms with E-state index in [4.69, 9.17) is 0 Å². The van der Waals surface area contributed by atoms with Gasteiger partial charge in [-0.25, -0.2) is 20.6 Å². The number of anilines is 1. The first kappa shape index (κ1) is 16.4. The van der Waals surface area contributed by atoms with Crippen LogP contribution in [0, 0.1) is 13.8 Å². The van der Waals surface area contributed by atoms with Crippen LogP contribution in [-0.4, -0.2) is 34.2 Å². The van der Waals surface area contributed by atoms with E-state index in [0.717, 1.165) is 48.0 Å². The molecule has 0 fully saturated rings. The van der Waals surface area contributed by atoms with Crippen LogP contribution in [0.2, 0.25) is 0 Å². The van der Waals surface area contributed by atoms with Gasteiger partial charge in [-0.1, -0.05) is 24.3 Å². The summed E-state index contributed by atoms with van der Waals surface area (Å²) in [4.78, 5) is 18.2. The van der Waals surface area contributed by atoms with E-state index < -0.39 is 0 Å². The molecule has 3 heterocycles. The van der Waals surface area contributed by atoms with E-state index in [1.54, 1.807) is 6.20 Å². The van der Waals surface area contributed by atoms with Crippen LogP contribution in [0.15, 0.2) is 42.7 Å². The number of para-hydroxylation sites is 1. The molecule has 7 heteroatoms. The third-order valence-electron chi connectivity index (χ3n) is 4.56. The highest BCUT2D eigenvalue weighted by Crippen LogP contribution is 2.19. The van der Waals surface area contributed by atoms with Gasteiger partial charge in [-0.05, 0) is 25.5 Å². The minimum Gasteiger partial charge on any atom is -0.273 e. The molecule has 1 unspecified atom stereocenters. The Morgan fingerprint density at radius 2 is 2.12 bits per heavy atom. The van der Waals surface area contributed by atoms with Crippen molar-refractivity contribution in [3.05, 3.63) is 59.5 Å². The molecule has 0 saturated carbocycles. The topological polar surface area (TPSA) is 81.1 Å². The van der Waals surface area contributed by atoms with Crippen LogP contribution >= 0.6 is 0 Å². The van der Waals surface area contributed by atoms with Crippen molar-refractivity contribution in [2.45, 2.75) is 20.4 Å². The lowest BCUT2D eigenvalue weighted by Gasteiger charge is -2.20. The fraction of sp³-hybridized carbons (Fsp3) is 0.263. The van der Waals surface area contributed by atoms with Gasteiger partial charge in [0, 0.05) is 23.3 Å². The van der Waals surface area contributed by atoms with Gasteiger partial charge in [0.15, 0.2) is 13.3 Å². The lowest BCUT2D eigenvalue weighted by molar-refractivity contribution is -0.991. The van der Waals surface area contributed by atoms with Crippen LogP contribution in [0.1, 0.15) is 16.8 Å². The summed E-state index contributed by atoms with van der Waals surface area (Å²) in [6.07, 6.45) is 3.72. The minimum atomic E-state index is 0.606. The zero-order valence-electron chi connectivity index (χ0n) is 15.0. The number of quaternary nitrogens is 1. The molecule has 0 aliphatic carbocycles. The van der Waals surface area contributed by atoms with Crippen LogP contribution in [0.4, 0.5) is 5.95 Å². The summed E-state index contributed by atoms with van der Waals surface area (Å²) in [5.74, 6) is 1.45. The molecule has 0 amide bonds. The van der Waals surface area contributed by atoms with Crippen molar-refractivity contribution in [2.24, 2.45) is 0 Å². The largest absolute Gasteiger partial charge is 0.359 e. The van der Waals surface area contributed by atoms with E-state index in [2.05, 4.69) is 55.7 Å². The fourth-order valence-electron chi connectivity index (χ4n) is 3.17. The molecular formula is C19H23N7+2. The van der Waals surface area contributed by atoms with Gasteiger partial charge in [0.1, 0.15) is 6.54 Å². The Hall–Kier alpha value is -3.06. The van der Waals surface area contributed by atoms with E-state index in [0.29, 0.717) is 5.95 Å². The molecule has 132 valence electrons. The number of aryl methyl sites for hydroxylation is 2. The second-order valence-corrected chi connectivity index (χ2v) is 6.60. The van der Waals surface area contributed by atoms with Crippen molar-refractivity contribution in [3.8, 4) is 0 Å². The standard InChI is InChI=1S/C19H21N7/c1-13-5-3-7-16-14(2)23-19(24-17(13)16)25-18-21-11-26(12-22-18)10-15-6-4-8-20-9-15/h3-9H,10-12H2,1-2H3,(H2,21,22,23,24,25)/p+2. The Morgan fingerprint density at radius 1 is 1.19 bits per heavy atom. The summed E-state index contributed by atoms with van der Waals surface area (Å²) < 4.78 is 0. The maximum absolute atomic E-state index is 4.68. The van der Waals surface area contributed by atoms with Crippen molar-refractivity contribution in [2.75, 3.05) is 18.7 Å². The smallest absolute Gasteiger partial charge is 0.273 e. The van der Waals surface area contributed by atoms with Crippen LogP contribution in [0.25, 0.3) is 10.9 Å². The molecule has 1 atom stereocenters. The molecule has 0 bridgehead atoms. The quantitative estimate of drug-likeness (QED) is 0.492. The van der Waals surface area contributed by atoms with E-state index in [1.165, 1.54) is 10.5 Å². The van der Waals surface area contributed by atoms with Gasteiger partial charge in [-0.15, -0.1) is 0 Å². The van der Waals surface area contributed by atoms with E-state index in [-0.39, 0.29) is 0 Å². The Kier molecular flexibility index (Phi) is 4.45. The highest BCUT2D eigenvalue weighted by molar-refractivity contribution is 5.90. The molecule has 7 nitrogen and oxygen atoms in total. The van der Waals surface area contributed by atoms with Crippen LogP contribution < -0.4 is 20.5 Å². The maximum Gasteiger partial charge on any atom is 0.359 e. The fourth-order valence-corrected chi connectivity index (χ4v) is 3.17. The number of hydrogen-bond donors (Lipinski definition) is 4. The van der Waals surface area contributed by atoms with Gasteiger partial charge < -0.3 is 0 Å². The number of benzene rings is 1. The molecule has 1 aromatic carbocycles. The highest BCUT2D eigenvalue weighted by Gasteiger charge is 2.21. The highest BCUT2D eigenvalue weighted by atomic mass is 15.4. The Labute approximate surface area is 152 Å². The first-order chi connectivity index (χ1) is 12.7. The molecule has 3 aromatic rings. The number of hydrogen-bond acceptors (Lipinski definition) is 5. The number of pyridine rings is 1. The molecule has 0 spiro atoms. The molecule has 2 aromatic heterocycles. The van der Waals surface area contributed by atoms with E-state index in [9.17, 15) is 0 Å². The summed E-state index contributed by atoms with van der Waals surface area (Å²) in [5.41, 5.74) is 4.34. The average Bonchev–Trinajstić information content (AvgIpc) is 2.65. The SMILES string of the molecule is Cc1nc(NC2=[NH+]C[NH+](Cc3cccnc3)CN2)nc2c(C)cccc12. The maximum atomic E-state index is 4.68. The second kappa shape index (κ2) is 7.05. The molecular weight excluding hydrogens is 326 g/mol. The van der Waals surface area contributed by atoms with Crippen molar-refractivity contribution < 1.29 is 9.89 Å². The number of guanidine groups is 1. The van der Waals surface area contributed by atoms with Crippen molar-refractivity contribution in [1.82, 2.24) is 20.3 Å². The van der Waals surface area contributed by atoms with Crippen molar-refractivity contribution >= 4 is 22.8 Å². The first-order valence-electron chi connectivity index (χ1n) is 8.77. The summed E-state index contributed by atoms with van der Waals surface area (Å²) in [7, 11) is 0. The van der Waals surface area contributed by atoms with Gasteiger partial charge in [0.05, 0.1) is 11.2 Å². The summed E-state index contributed by atoms with van der Waals surface area (Å²) in [6, 6.07) is 10.2. The number of nitrogens with zero attached hydrogens (tertiary/aromatic N) is 3. The third-order valence-corrected chi connectivity index (χ3v) is 4.56. The van der Waals surface area contributed by atoms with Crippen LogP contribution in [0.3, 0.4) is 0 Å². The van der Waals surface area contributed by atoms with Gasteiger partial charge in [0.25, 0.3) is 5.95 Å². The molecule has 0 saturated heterocycles. The molecule has 1 aliphatic heterocycles. The summed E-state index contributed by atoms with van der Waals surface area (Å²) in [6.45, 7) is 6.64. The molecule has 4 rings (SSSR count). The first-order valence-corrected chi connectivity index (χ1v) is 8.77. The number of fused-ring (bicyclic) bond motifs is 1. The van der Waals surface area contributed by atoms with Gasteiger partial charge in [0.2, 0.25) is 0 Å². The monoisotopic (exact) mass is 349 g/mol. The third kappa shape index (κ3) is 3.48. The predicted molar refractivity (Wildman–Crippen MR) is 100 cm³/mol. The molecule has 0 radical (unpaired) electrons. The van der Waals surface area contributed by atoms with Gasteiger partial charge >= 0.3 is 5.96 Å². The number of aromatic nitrogens is 3. The van der Waals surface area contributed by atoms with Crippen LogP contribution in [-0.2, 0) is 6.54 Å². The number of rotatable bonds is 3. The molecule has 4 N–H and O–H groups in total. The van der Waals surface area contributed by atoms with E-state index in [1.807, 2.05) is 25.3 Å². The van der Waals surface area contributed by atoms with Gasteiger partial charge in [-0.2, -0.15) is 4.98 Å². The minimum absolute atomic E-state index is 0.606. The summed E-state index contributed by atoms with van der Waals surface area (Å²) in [5, 5.41) is 7.74. The van der Waals surface area contributed by atoms with Crippen molar-refractivity contribution in [3.63, 3.8) is 0 Å². The lowest BCUT2D eigenvalue weighted by atomic mass is 10.1. The normalized spacial score (nSPS) is 16.8. The number of nitrogens with one attached hydrogen (secondary N) is 4. The zero-order valence-corrected chi connectivity index (χ0v) is 15.0. The van der Waals surface area contributed by atoms with Crippen molar-refractivity contribution in [1.29, 1.82) is 0 Å². The Bertz CT molecular complexity index is 953. The average molecular weight is 349 g/mol. The summed E-state index contributed by atoms with van der Waals surface area (Å²) >= 11 is 0. The predicted octanol–water partition coefficient (Wildman–Crippen LogP) is -0.907. The van der Waals surface area contributed by atoms with Crippen LogP contribution in [0.5, 0.6) is 0 Å². The molecule has 26 heavy (non-hydrogen) atoms.